The van der Waals surface area contributed by atoms with Crippen molar-refractivity contribution in [1.82, 2.24) is 5.32 Å². The van der Waals surface area contributed by atoms with Gasteiger partial charge in [0.2, 0.25) is 0 Å². The van der Waals surface area contributed by atoms with Gasteiger partial charge < -0.3 is 10.1 Å². The Kier molecular flexibility index (Phi) is 5.02. The fourth-order valence-electron chi connectivity index (χ4n) is 2.07. The maximum absolute atomic E-state index is 5.48. The molecular formula is C15H18BrNOS. The van der Waals surface area contributed by atoms with Crippen LogP contribution in [0.25, 0.3) is 0 Å². The summed E-state index contributed by atoms with van der Waals surface area (Å²) in [6.07, 6.45) is 0. The third kappa shape index (κ3) is 3.38. The SMILES string of the molecule is CCOc1ccc(C(NC)c2sc(C)cc2Br)cc1. The van der Waals surface area contributed by atoms with Crippen LogP contribution in [-0.2, 0) is 0 Å². The van der Waals surface area contributed by atoms with E-state index in [9.17, 15) is 0 Å². The van der Waals surface area contributed by atoms with Crippen LogP contribution in [0.2, 0.25) is 0 Å². The first-order valence-electron chi connectivity index (χ1n) is 6.31. The number of benzene rings is 1. The summed E-state index contributed by atoms with van der Waals surface area (Å²) in [7, 11) is 1.99. The number of ether oxygens (including phenoxy) is 1. The fourth-order valence-corrected chi connectivity index (χ4v) is 4.09. The Labute approximate surface area is 126 Å². The average Bonchev–Trinajstić information content (AvgIpc) is 2.72. The summed E-state index contributed by atoms with van der Waals surface area (Å²) in [5.74, 6) is 0.919. The smallest absolute Gasteiger partial charge is 0.119 e. The Morgan fingerprint density at radius 3 is 2.47 bits per heavy atom. The van der Waals surface area contributed by atoms with E-state index in [2.05, 4.69) is 46.4 Å². The molecule has 19 heavy (non-hydrogen) atoms. The number of thiophene rings is 1. The van der Waals surface area contributed by atoms with Crippen molar-refractivity contribution in [2.24, 2.45) is 0 Å². The van der Waals surface area contributed by atoms with Gasteiger partial charge in [-0.3, -0.25) is 0 Å². The van der Waals surface area contributed by atoms with Gasteiger partial charge in [-0.15, -0.1) is 11.3 Å². The quantitative estimate of drug-likeness (QED) is 0.864. The van der Waals surface area contributed by atoms with E-state index >= 15 is 0 Å². The van der Waals surface area contributed by atoms with Crippen LogP contribution in [0.1, 0.15) is 28.3 Å². The second-order valence-corrected chi connectivity index (χ2v) is 6.44. The number of rotatable bonds is 5. The van der Waals surface area contributed by atoms with E-state index in [1.54, 1.807) is 0 Å². The second-order valence-electron chi connectivity index (χ2n) is 4.29. The van der Waals surface area contributed by atoms with Gasteiger partial charge in [0, 0.05) is 14.2 Å². The van der Waals surface area contributed by atoms with Crippen molar-refractivity contribution in [2.75, 3.05) is 13.7 Å². The van der Waals surface area contributed by atoms with Crippen LogP contribution in [0, 0.1) is 6.92 Å². The summed E-state index contributed by atoms with van der Waals surface area (Å²) < 4.78 is 6.65. The average molecular weight is 340 g/mol. The lowest BCUT2D eigenvalue weighted by atomic mass is 10.1. The molecule has 4 heteroatoms. The minimum absolute atomic E-state index is 0.212. The summed E-state index contributed by atoms with van der Waals surface area (Å²) in [6.45, 7) is 4.82. The molecule has 0 aliphatic heterocycles. The maximum Gasteiger partial charge on any atom is 0.119 e. The van der Waals surface area contributed by atoms with Crippen molar-refractivity contribution in [2.45, 2.75) is 19.9 Å². The Morgan fingerprint density at radius 2 is 2.00 bits per heavy atom. The number of nitrogens with one attached hydrogen (secondary N) is 1. The van der Waals surface area contributed by atoms with Crippen molar-refractivity contribution in [3.63, 3.8) is 0 Å². The van der Waals surface area contributed by atoms with Crippen molar-refractivity contribution in [3.8, 4) is 5.75 Å². The first-order valence-corrected chi connectivity index (χ1v) is 7.92. The van der Waals surface area contributed by atoms with Crippen LogP contribution < -0.4 is 10.1 Å². The minimum Gasteiger partial charge on any atom is -0.494 e. The van der Waals surface area contributed by atoms with Gasteiger partial charge >= 0.3 is 0 Å². The van der Waals surface area contributed by atoms with E-state index in [4.69, 9.17) is 4.74 Å². The molecule has 0 aliphatic carbocycles. The molecule has 0 aliphatic rings. The highest BCUT2D eigenvalue weighted by Crippen LogP contribution is 2.35. The number of halogens is 1. The van der Waals surface area contributed by atoms with Gasteiger partial charge in [0.15, 0.2) is 0 Å². The Morgan fingerprint density at radius 1 is 1.32 bits per heavy atom. The first kappa shape index (κ1) is 14.6. The Hall–Kier alpha value is -0.840. The van der Waals surface area contributed by atoms with Gasteiger partial charge in [0.25, 0.3) is 0 Å². The van der Waals surface area contributed by atoms with E-state index < -0.39 is 0 Å². The van der Waals surface area contributed by atoms with E-state index in [0.29, 0.717) is 6.61 Å². The second kappa shape index (κ2) is 6.55. The molecule has 0 radical (unpaired) electrons. The third-order valence-electron chi connectivity index (χ3n) is 2.91. The molecule has 1 N–H and O–H groups in total. The largest absolute Gasteiger partial charge is 0.494 e. The highest BCUT2D eigenvalue weighted by molar-refractivity contribution is 9.10. The lowest BCUT2D eigenvalue weighted by molar-refractivity contribution is 0.340. The molecule has 0 saturated carbocycles. The zero-order valence-electron chi connectivity index (χ0n) is 11.4. The summed E-state index contributed by atoms with van der Waals surface area (Å²) in [5.41, 5.74) is 1.24. The zero-order chi connectivity index (χ0) is 13.8. The predicted octanol–water partition coefficient (Wildman–Crippen LogP) is 4.53. The lowest BCUT2D eigenvalue weighted by Crippen LogP contribution is -2.16. The van der Waals surface area contributed by atoms with E-state index in [0.717, 1.165) is 5.75 Å². The molecule has 0 fully saturated rings. The Bertz CT molecular complexity index is 536. The van der Waals surface area contributed by atoms with Gasteiger partial charge in [-0.05, 0) is 60.6 Å². The van der Waals surface area contributed by atoms with Crippen LogP contribution in [0.3, 0.4) is 0 Å². The molecule has 0 spiro atoms. The van der Waals surface area contributed by atoms with Crippen molar-refractivity contribution >= 4 is 27.3 Å². The third-order valence-corrected chi connectivity index (χ3v) is 4.95. The zero-order valence-corrected chi connectivity index (χ0v) is 13.8. The van der Waals surface area contributed by atoms with Crippen LogP contribution >= 0.6 is 27.3 Å². The van der Waals surface area contributed by atoms with Gasteiger partial charge in [-0.2, -0.15) is 0 Å². The van der Waals surface area contributed by atoms with Gasteiger partial charge in [0.1, 0.15) is 5.75 Å². The molecule has 2 aromatic rings. The topological polar surface area (TPSA) is 21.3 Å². The van der Waals surface area contributed by atoms with E-state index in [-0.39, 0.29) is 6.04 Å². The molecular weight excluding hydrogens is 322 g/mol. The number of hydrogen-bond donors (Lipinski definition) is 1. The summed E-state index contributed by atoms with van der Waals surface area (Å²) in [6, 6.07) is 10.7. The highest BCUT2D eigenvalue weighted by Gasteiger charge is 2.17. The van der Waals surface area contributed by atoms with Crippen LogP contribution in [0.5, 0.6) is 5.75 Å². The molecule has 102 valence electrons. The van der Waals surface area contributed by atoms with Crippen LogP contribution in [0.4, 0.5) is 0 Å². The molecule has 1 aromatic heterocycles. The molecule has 1 atom stereocenters. The maximum atomic E-state index is 5.48. The first-order chi connectivity index (χ1) is 9.15. The van der Waals surface area contributed by atoms with E-state index in [1.807, 2.05) is 37.4 Å². The highest BCUT2D eigenvalue weighted by atomic mass is 79.9. The standard InChI is InChI=1S/C15H18BrNOS/c1-4-18-12-7-5-11(6-8-12)14(17-3)15-13(16)9-10(2)19-15/h5-9,14,17H,4H2,1-3H3. The van der Waals surface area contributed by atoms with Crippen molar-refractivity contribution < 1.29 is 4.74 Å². The molecule has 1 heterocycles. The summed E-state index contributed by atoms with van der Waals surface area (Å²) in [4.78, 5) is 2.62. The van der Waals surface area contributed by atoms with E-state index in [1.165, 1.54) is 19.8 Å². The predicted molar refractivity (Wildman–Crippen MR) is 85.3 cm³/mol. The van der Waals surface area contributed by atoms with Crippen molar-refractivity contribution in [1.29, 1.82) is 0 Å². The molecule has 1 aromatic carbocycles. The molecule has 2 nitrogen and oxygen atoms in total. The summed E-state index contributed by atoms with van der Waals surface area (Å²) >= 11 is 5.46. The Balaban J connectivity index is 2.29. The van der Waals surface area contributed by atoms with Gasteiger partial charge in [0.05, 0.1) is 12.6 Å². The van der Waals surface area contributed by atoms with Crippen molar-refractivity contribution in [3.05, 3.63) is 50.1 Å². The summed E-state index contributed by atoms with van der Waals surface area (Å²) in [5, 5.41) is 3.38. The molecule has 0 amide bonds. The van der Waals surface area contributed by atoms with Gasteiger partial charge in [-0.1, -0.05) is 12.1 Å². The number of aryl methyl sites for hydroxylation is 1. The lowest BCUT2D eigenvalue weighted by Gasteiger charge is -2.16. The van der Waals surface area contributed by atoms with Crippen LogP contribution in [-0.4, -0.2) is 13.7 Å². The molecule has 1 unspecified atom stereocenters. The van der Waals surface area contributed by atoms with Gasteiger partial charge in [-0.25, -0.2) is 0 Å². The monoisotopic (exact) mass is 339 g/mol. The fraction of sp³-hybridized carbons (Fsp3) is 0.333. The molecule has 0 saturated heterocycles. The molecule has 2 rings (SSSR count). The van der Waals surface area contributed by atoms with Crippen LogP contribution in [0.15, 0.2) is 34.8 Å². The normalized spacial score (nSPS) is 12.4. The molecule has 0 bridgehead atoms. The number of hydrogen-bond acceptors (Lipinski definition) is 3. The minimum atomic E-state index is 0.212.